The summed E-state index contributed by atoms with van der Waals surface area (Å²) in [6, 6.07) is 8.36. The van der Waals surface area contributed by atoms with Gasteiger partial charge in [0.25, 0.3) is 0 Å². The van der Waals surface area contributed by atoms with Crippen LogP contribution in [-0.2, 0) is 12.8 Å². The summed E-state index contributed by atoms with van der Waals surface area (Å²) in [6.07, 6.45) is 14.3. The third-order valence-corrected chi connectivity index (χ3v) is 3.49. The van der Waals surface area contributed by atoms with E-state index in [1.807, 2.05) is 24.8 Å². The lowest BCUT2D eigenvalue weighted by Crippen LogP contribution is -1.91. The summed E-state index contributed by atoms with van der Waals surface area (Å²) in [7, 11) is 0. The summed E-state index contributed by atoms with van der Waals surface area (Å²) in [6.45, 7) is 4.19. The second kappa shape index (κ2) is 8.26. The van der Waals surface area contributed by atoms with Crippen LogP contribution in [0.5, 0.6) is 0 Å². The van der Waals surface area contributed by atoms with Crippen LogP contribution in [0.2, 0.25) is 0 Å². The van der Waals surface area contributed by atoms with Crippen LogP contribution in [0.25, 0.3) is 0 Å². The fourth-order valence-electron chi connectivity index (χ4n) is 2.31. The summed E-state index contributed by atoms with van der Waals surface area (Å²) in [5, 5.41) is 0. The minimum Gasteiger partial charge on any atom is -0.265 e. The molecule has 0 atom stereocenters. The van der Waals surface area contributed by atoms with Crippen molar-refractivity contribution >= 4 is 0 Å². The topological polar surface area (TPSA) is 25.8 Å². The van der Waals surface area contributed by atoms with Crippen LogP contribution in [0, 0.1) is 0 Å². The van der Waals surface area contributed by atoms with Gasteiger partial charge in [0.15, 0.2) is 0 Å². The molecule has 0 aliphatic rings. The van der Waals surface area contributed by atoms with Gasteiger partial charge in [-0.3, -0.25) is 9.97 Å². The molecular weight excluding hydrogens is 244 g/mol. The van der Waals surface area contributed by atoms with Crippen molar-refractivity contribution in [3.63, 3.8) is 0 Å². The zero-order valence-corrected chi connectivity index (χ0v) is 12.0. The van der Waals surface area contributed by atoms with Crippen molar-refractivity contribution in [2.75, 3.05) is 0 Å². The zero-order valence-electron chi connectivity index (χ0n) is 12.0. The summed E-state index contributed by atoms with van der Waals surface area (Å²) < 4.78 is 0. The lowest BCUT2D eigenvalue weighted by Gasteiger charge is -2.06. The van der Waals surface area contributed by atoms with Gasteiger partial charge in [-0.25, -0.2) is 0 Å². The van der Waals surface area contributed by atoms with Crippen LogP contribution >= 0.6 is 0 Å². The maximum absolute atomic E-state index is 4.19. The van der Waals surface area contributed by atoms with Crippen LogP contribution in [0.1, 0.15) is 36.8 Å². The zero-order chi connectivity index (χ0) is 14.0. The summed E-state index contributed by atoms with van der Waals surface area (Å²) in [4.78, 5) is 8.07. The molecule has 0 amide bonds. The minimum atomic E-state index is 1.12. The van der Waals surface area contributed by atoms with Crippen molar-refractivity contribution in [2.24, 2.45) is 0 Å². The van der Waals surface area contributed by atoms with Gasteiger partial charge in [0.2, 0.25) is 0 Å². The molecule has 2 aromatic heterocycles. The third-order valence-electron chi connectivity index (χ3n) is 3.49. The minimum absolute atomic E-state index is 1.12. The lowest BCUT2D eigenvalue weighted by molar-refractivity contribution is 0.734. The highest BCUT2D eigenvalue weighted by Crippen LogP contribution is 2.14. The van der Waals surface area contributed by atoms with Crippen LogP contribution < -0.4 is 0 Å². The molecule has 0 aliphatic carbocycles. The van der Waals surface area contributed by atoms with Crippen molar-refractivity contribution in [3.8, 4) is 0 Å². The Morgan fingerprint density at radius 3 is 1.55 bits per heavy atom. The van der Waals surface area contributed by atoms with E-state index in [2.05, 4.69) is 40.8 Å². The Kier molecular flexibility index (Phi) is 5.97. The molecule has 0 fully saturated rings. The van der Waals surface area contributed by atoms with Gasteiger partial charge in [-0.15, -0.1) is 0 Å². The molecule has 2 aromatic rings. The van der Waals surface area contributed by atoms with Gasteiger partial charge in [-0.05, 0) is 73.9 Å². The number of rotatable bonds is 8. The van der Waals surface area contributed by atoms with Crippen molar-refractivity contribution < 1.29 is 0 Å². The molecule has 20 heavy (non-hydrogen) atoms. The van der Waals surface area contributed by atoms with E-state index in [0.29, 0.717) is 0 Å². The second-order valence-electron chi connectivity index (χ2n) is 5.17. The van der Waals surface area contributed by atoms with E-state index in [4.69, 9.17) is 0 Å². The first-order valence-electron chi connectivity index (χ1n) is 7.29. The fourth-order valence-corrected chi connectivity index (χ4v) is 2.31. The Labute approximate surface area is 121 Å². The van der Waals surface area contributed by atoms with E-state index in [1.165, 1.54) is 29.5 Å². The molecule has 2 heteroatoms. The molecule has 0 radical (unpaired) electrons. The quantitative estimate of drug-likeness (QED) is 0.663. The van der Waals surface area contributed by atoms with E-state index in [-0.39, 0.29) is 0 Å². The summed E-state index contributed by atoms with van der Waals surface area (Å²) in [5.74, 6) is 0. The molecule has 0 spiro atoms. The van der Waals surface area contributed by atoms with Crippen LogP contribution in [0.3, 0.4) is 0 Å². The largest absolute Gasteiger partial charge is 0.265 e. The van der Waals surface area contributed by atoms with Crippen molar-refractivity contribution in [2.45, 2.75) is 38.5 Å². The molecule has 0 bridgehead atoms. The SMILES string of the molecule is C=C(CCCc1ccncc1)CCCc1ccncc1. The Morgan fingerprint density at radius 2 is 1.15 bits per heavy atom. The Morgan fingerprint density at radius 1 is 0.750 bits per heavy atom. The monoisotopic (exact) mass is 266 g/mol. The van der Waals surface area contributed by atoms with E-state index in [0.717, 1.165) is 25.7 Å². The molecule has 0 aromatic carbocycles. The number of aryl methyl sites for hydroxylation is 2. The van der Waals surface area contributed by atoms with Gasteiger partial charge in [0.1, 0.15) is 0 Å². The molecule has 2 nitrogen and oxygen atoms in total. The number of hydrogen-bond acceptors (Lipinski definition) is 2. The highest BCUT2D eigenvalue weighted by atomic mass is 14.6. The second-order valence-corrected chi connectivity index (χ2v) is 5.17. The van der Waals surface area contributed by atoms with Gasteiger partial charge in [-0.2, -0.15) is 0 Å². The number of aromatic nitrogens is 2. The van der Waals surface area contributed by atoms with Crippen LogP contribution in [0.4, 0.5) is 0 Å². The molecule has 2 heterocycles. The predicted octanol–water partition coefficient (Wildman–Crippen LogP) is 4.38. The highest BCUT2D eigenvalue weighted by Gasteiger charge is 1.98. The Balaban J connectivity index is 1.59. The van der Waals surface area contributed by atoms with Gasteiger partial charge in [0, 0.05) is 24.8 Å². The van der Waals surface area contributed by atoms with Gasteiger partial charge in [-0.1, -0.05) is 12.2 Å². The number of hydrogen-bond donors (Lipinski definition) is 0. The first kappa shape index (κ1) is 14.4. The molecule has 0 N–H and O–H groups in total. The van der Waals surface area contributed by atoms with Crippen molar-refractivity contribution in [3.05, 3.63) is 72.3 Å². The molecule has 0 saturated heterocycles. The van der Waals surface area contributed by atoms with Gasteiger partial charge >= 0.3 is 0 Å². The Bertz CT molecular complexity index is 458. The molecule has 0 saturated carbocycles. The van der Waals surface area contributed by atoms with Gasteiger partial charge in [0.05, 0.1) is 0 Å². The standard InChI is InChI=1S/C18H22N2/c1-16(4-2-6-17-8-12-19-13-9-17)5-3-7-18-10-14-20-15-11-18/h8-15H,1-7H2. The molecular formula is C18H22N2. The molecule has 0 unspecified atom stereocenters. The number of pyridine rings is 2. The van der Waals surface area contributed by atoms with E-state index in [1.54, 1.807) is 0 Å². The van der Waals surface area contributed by atoms with E-state index < -0.39 is 0 Å². The van der Waals surface area contributed by atoms with E-state index >= 15 is 0 Å². The van der Waals surface area contributed by atoms with Crippen LogP contribution in [-0.4, -0.2) is 9.97 Å². The van der Waals surface area contributed by atoms with Crippen LogP contribution in [0.15, 0.2) is 61.2 Å². The number of nitrogens with zero attached hydrogens (tertiary/aromatic N) is 2. The highest BCUT2D eigenvalue weighted by molar-refractivity contribution is 5.11. The lowest BCUT2D eigenvalue weighted by atomic mass is 10.0. The third kappa shape index (κ3) is 5.35. The summed E-state index contributed by atoms with van der Waals surface area (Å²) in [5.41, 5.74) is 4.10. The van der Waals surface area contributed by atoms with Crippen molar-refractivity contribution in [1.29, 1.82) is 0 Å². The van der Waals surface area contributed by atoms with Gasteiger partial charge < -0.3 is 0 Å². The molecule has 2 rings (SSSR count). The maximum atomic E-state index is 4.19. The molecule has 0 aliphatic heterocycles. The molecule has 104 valence electrons. The first-order valence-corrected chi connectivity index (χ1v) is 7.29. The fraction of sp³-hybridized carbons (Fsp3) is 0.333. The first-order chi connectivity index (χ1) is 9.84. The average molecular weight is 266 g/mol. The van der Waals surface area contributed by atoms with Crippen molar-refractivity contribution in [1.82, 2.24) is 9.97 Å². The Hall–Kier alpha value is -1.96. The predicted molar refractivity (Wildman–Crippen MR) is 83.5 cm³/mol. The number of allylic oxidation sites excluding steroid dienone is 1. The maximum Gasteiger partial charge on any atom is 0.0270 e. The average Bonchev–Trinajstić information content (AvgIpc) is 2.49. The normalized spacial score (nSPS) is 10.4. The summed E-state index contributed by atoms with van der Waals surface area (Å²) >= 11 is 0. The van der Waals surface area contributed by atoms with E-state index in [9.17, 15) is 0 Å². The smallest absolute Gasteiger partial charge is 0.0270 e.